The van der Waals surface area contributed by atoms with Crippen molar-refractivity contribution >= 4 is 15.8 Å². The Bertz CT molecular complexity index is 1020. The van der Waals surface area contributed by atoms with Crippen LogP contribution in [0.3, 0.4) is 0 Å². The van der Waals surface area contributed by atoms with Crippen LogP contribution in [0.15, 0.2) is 53.7 Å². The van der Waals surface area contributed by atoms with E-state index in [1.54, 1.807) is 62.8 Å². The lowest BCUT2D eigenvalue weighted by atomic mass is 10.0. The zero-order valence-electron chi connectivity index (χ0n) is 15.2. The van der Waals surface area contributed by atoms with Gasteiger partial charge in [-0.25, -0.2) is 13.4 Å². The highest BCUT2D eigenvalue weighted by Gasteiger charge is 2.25. The summed E-state index contributed by atoms with van der Waals surface area (Å²) < 4.78 is 35.0. The average molecular weight is 402 g/mol. The van der Waals surface area contributed by atoms with Crippen LogP contribution < -0.4 is 9.47 Å². The van der Waals surface area contributed by atoms with E-state index < -0.39 is 26.7 Å². The predicted octanol–water partition coefficient (Wildman–Crippen LogP) is 2.62. The normalized spacial score (nSPS) is 11.2. The summed E-state index contributed by atoms with van der Waals surface area (Å²) in [7, 11) is -1.03. The molecule has 0 unspecified atom stereocenters. The Morgan fingerprint density at radius 1 is 0.964 bits per heavy atom. The van der Waals surface area contributed by atoms with Crippen molar-refractivity contribution in [2.24, 2.45) is 0 Å². The maximum Gasteiger partial charge on any atom is 0.319 e. The molecule has 146 valence electrons. The van der Waals surface area contributed by atoms with Gasteiger partial charge in [-0.1, -0.05) is 0 Å². The fourth-order valence-electron chi connectivity index (χ4n) is 2.65. The fraction of sp³-hybridized carbons (Fsp3) is 0.158. The molecule has 3 aromatic rings. The van der Waals surface area contributed by atoms with Crippen LogP contribution in [-0.2, 0) is 14.6 Å². The largest absolute Gasteiger partial charge is 0.497 e. The van der Waals surface area contributed by atoms with Crippen molar-refractivity contribution in [1.82, 2.24) is 9.97 Å². The highest BCUT2D eigenvalue weighted by atomic mass is 32.2. The Morgan fingerprint density at radius 3 is 1.93 bits per heavy atom. The molecule has 0 saturated heterocycles. The van der Waals surface area contributed by atoms with Crippen LogP contribution in [0.5, 0.6) is 11.5 Å². The molecule has 0 bridgehead atoms. The lowest BCUT2D eigenvalue weighted by Gasteiger charge is -2.06. The van der Waals surface area contributed by atoms with Gasteiger partial charge in [-0.05, 0) is 48.5 Å². The highest BCUT2D eigenvalue weighted by Crippen LogP contribution is 2.33. The number of aromatic nitrogens is 2. The van der Waals surface area contributed by atoms with Gasteiger partial charge in [0.15, 0.2) is 5.75 Å². The number of carboxylic acid groups (broad SMARTS) is 1. The molecule has 1 aromatic heterocycles. The predicted molar refractivity (Wildman–Crippen MR) is 102 cm³/mol. The van der Waals surface area contributed by atoms with Crippen molar-refractivity contribution in [3.63, 3.8) is 0 Å². The summed E-state index contributed by atoms with van der Waals surface area (Å²) in [6.07, 6.45) is 0. The van der Waals surface area contributed by atoms with Crippen molar-refractivity contribution < 1.29 is 27.8 Å². The number of nitrogens with zero attached hydrogens (tertiary/aromatic N) is 1. The SMILES string of the molecule is COc1ccc(-c2nc(S(=O)(=O)CC(=O)O)[nH]c2-c2ccc(OC)cc2)cc1. The first kappa shape index (κ1) is 19.4. The number of carboxylic acids is 1. The van der Waals surface area contributed by atoms with E-state index in [0.717, 1.165) is 0 Å². The van der Waals surface area contributed by atoms with Gasteiger partial charge in [0.05, 0.1) is 25.6 Å². The number of H-pyrrole nitrogens is 1. The Hall–Kier alpha value is -3.33. The number of rotatable bonds is 7. The second-order valence-corrected chi connectivity index (χ2v) is 7.78. The van der Waals surface area contributed by atoms with Crippen molar-refractivity contribution in [2.45, 2.75) is 5.16 Å². The first-order valence-corrected chi connectivity index (χ1v) is 9.82. The van der Waals surface area contributed by atoms with Gasteiger partial charge >= 0.3 is 5.97 Å². The second-order valence-electron chi connectivity index (χ2n) is 5.88. The van der Waals surface area contributed by atoms with Gasteiger partial charge in [-0.15, -0.1) is 0 Å². The molecule has 28 heavy (non-hydrogen) atoms. The molecular weight excluding hydrogens is 384 g/mol. The van der Waals surface area contributed by atoms with Crippen LogP contribution >= 0.6 is 0 Å². The maximum absolute atomic E-state index is 12.4. The quantitative estimate of drug-likeness (QED) is 0.623. The number of carbonyl (C=O) groups is 1. The minimum absolute atomic E-state index is 0.386. The van der Waals surface area contributed by atoms with Crippen LogP contribution in [0.1, 0.15) is 0 Å². The topological polar surface area (TPSA) is 119 Å². The Morgan fingerprint density at radius 2 is 1.46 bits per heavy atom. The third kappa shape index (κ3) is 3.99. The first-order chi connectivity index (χ1) is 13.3. The number of nitrogens with one attached hydrogen (secondary N) is 1. The number of sulfone groups is 1. The third-order valence-electron chi connectivity index (χ3n) is 4.03. The number of aromatic amines is 1. The molecule has 0 aliphatic heterocycles. The standard InChI is InChI=1S/C19H18N2O6S/c1-26-14-7-3-12(4-8-14)17-18(13-5-9-15(27-2)10-6-13)21-19(20-17)28(24,25)11-16(22)23/h3-10H,11H2,1-2H3,(H,20,21)(H,22,23). The molecule has 2 aromatic carbocycles. The number of aliphatic carboxylic acids is 1. The van der Waals surface area contributed by atoms with Crippen molar-refractivity contribution in [3.05, 3.63) is 48.5 Å². The van der Waals surface area contributed by atoms with E-state index in [1.807, 2.05) is 0 Å². The Labute approximate surface area is 161 Å². The maximum atomic E-state index is 12.4. The molecule has 9 heteroatoms. The molecule has 0 aliphatic carbocycles. The number of benzene rings is 2. The second kappa shape index (κ2) is 7.73. The van der Waals surface area contributed by atoms with Gasteiger partial charge in [0.25, 0.3) is 0 Å². The van der Waals surface area contributed by atoms with E-state index in [4.69, 9.17) is 14.6 Å². The molecule has 0 saturated carbocycles. The summed E-state index contributed by atoms with van der Waals surface area (Å²) in [5.41, 5.74) is 2.17. The van der Waals surface area contributed by atoms with Gasteiger partial charge in [-0.2, -0.15) is 0 Å². The zero-order valence-corrected chi connectivity index (χ0v) is 16.0. The van der Waals surface area contributed by atoms with Gasteiger partial charge < -0.3 is 19.6 Å². The van der Waals surface area contributed by atoms with Gasteiger partial charge in [0.1, 0.15) is 11.5 Å². The van der Waals surface area contributed by atoms with Crippen LogP contribution in [0, 0.1) is 0 Å². The molecular formula is C19H18N2O6S. The Kier molecular flexibility index (Phi) is 5.36. The summed E-state index contributed by atoms with van der Waals surface area (Å²) >= 11 is 0. The lowest BCUT2D eigenvalue weighted by Crippen LogP contribution is -2.16. The molecule has 3 rings (SSSR count). The van der Waals surface area contributed by atoms with Crippen molar-refractivity contribution in [3.8, 4) is 34.0 Å². The van der Waals surface area contributed by atoms with E-state index in [9.17, 15) is 13.2 Å². The molecule has 0 atom stereocenters. The van der Waals surface area contributed by atoms with Crippen LogP contribution in [0.25, 0.3) is 22.5 Å². The average Bonchev–Trinajstić information content (AvgIpc) is 3.13. The number of hydrogen-bond acceptors (Lipinski definition) is 6. The molecule has 2 N–H and O–H groups in total. The molecule has 0 aliphatic rings. The molecule has 0 amide bonds. The van der Waals surface area contributed by atoms with Gasteiger partial charge in [-0.3, -0.25) is 4.79 Å². The van der Waals surface area contributed by atoms with E-state index in [0.29, 0.717) is 34.0 Å². The zero-order chi connectivity index (χ0) is 20.3. The van der Waals surface area contributed by atoms with Gasteiger partial charge in [0.2, 0.25) is 15.0 Å². The minimum atomic E-state index is -4.12. The van der Waals surface area contributed by atoms with E-state index in [2.05, 4.69) is 9.97 Å². The van der Waals surface area contributed by atoms with Crippen LogP contribution in [0.2, 0.25) is 0 Å². The van der Waals surface area contributed by atoms with E-state index >= 15 is 0 Å². The summed E-state index contributed by atoms with van der Waals surface area (Å²) in [5.74, 6) is -1.21. The summed E-state index contributed by atoms with van der Waals surface area (Å²) in [5, 5.41) is 8.49. The van der Waals surface area contributed by atoms with Gasteiger partial charge in [0, 0.05) is 11.1 Å². The molecule has 0 spiro atoms. The summed E-state index contributed by atoms with van der Waals surface area (Å²) in [6.45, 7) is 0. The van der Waals surface area contributed by atoms with Crippen molar-refractivity contribution in [2.75, 3.05) is 20.0 Å². The molecule has 1 heterocycles. The summed E-state index contributed by atoms with van der Waals surface area (Å²) in [6, 6.07) is 13.9. The first-order valence-electron chi connectivity index (χ1n) is 8.17. The molecule has 0 radical (unpaired) electrons. The number of ether oxygens (including phenoxy) is 2. The van der Waals surface area contributed by atoms with Crippen LogP contribution in [-0.4, -0.2) is 49.4 Å². The van der Waals surface area contributed by atoms with Crippen LogP contribution in [0.4, 0.5) is 0 Å². The number of methoxy groups -OCH3 is 2. The van der Waals surface area contributed by atoms with E-state index in [1.165, 1.54) is 0 Å². The summed E-state index contributed by atoms with van der Waals surface area (Å²) in [4.78, 5) is 17.9. The lowest BCUT2D eigenvalue weighted by molar-refractivity contribution is -0.134. The number of hydrogen-bond donors (Lipinski definition) is 2. The third-order valence-corrected chi connectivity index (χ3v) is 5.44. The molecule has 0 fully saturated rings. The minimum Gasteiger partial charge on any atom is -0.497 e. The smallest absolute Gasteiger partial charge is 0.319 e. The fourth-order valence-corrected chi connectivity index (χ4v) is 3.60. The molecule has 8 nitrogen and oxygen atoms in total. The Balaban J connectivity index is 2.15. The van der Waals surface area contributed by atoms with Crippen molar-refractivity contribution in [1.29, 1.82) is 0 Å². The monoisotopic (exact) mass is 402 g/mol. The number of imidazole rings is 1. The van der Waals surface area contributed by atoms with E-state index in [-0.39, 0.29) is 0 Å². The highest BCUT2D eigenvalue weighted by molar-refractivity contribution is 7.91.